The highest BCUT2D eigenvalue weighted by atomic mass is 19.1. The highest BCUT2D eigenvalue weighted by Crippen LogP contribution is 2.39. The molecule has 1 saturated heterocycles. The van der Waals surface area contributed by atoms with Gasteiger partial charge >= 0.3 is 6.09 Å². The van der Waals surface area contributed by atoms with Crippen LogP contribution in [0.4, 0.5) is 14.9 Å². The van der Waals surface area contributed by atoms with Gasteiger partial charge in [0.05, 0.1) is 17.9 Å². The van der Waals surface area contributed by atoms with Crippen LogP contribution in [0.2, 0.25) is 0 Å². The molecule has 3 heterocycles. The SMILES string of the molecule is C[C@@H]1CN(CC(=O)N2CC(C)(C)c3ncc(Cc4ccc(F)cc4)cc32)[C@@H](CNC(=O)O)CN1. The van der Waals surface area contributed by atoms with E-state index in [1.54, 1.807) is 12.1 Å². The van der Waals surface area contributed by atoms with Gasteiger partial charge in [-0.1, -0.05) is 26.0 Å². The zero-order chi connectivity index (χ0) is 24.5. The topological polar surface area (TPSA) is 97.8 Å². The first-order valence-corrected chi connectivity index (χ1v) is 11.6. The molecule has 0 unspecified atom stereocenters. The molecule has 8 nitrogen and oxygen atoms in total. The number of rotatable bonds is 6. The first kappa shape index (κ1) is 24.1. The third kappa shape index (κ3) is 5.37. The molecule has 1 aromatic heterocycles. The van der Waals surface area contributed by atoms with Crippen LogP contribution in [0.5, 0.6) is 0 Å². The molecule has 0 spiro atoms. The molecule has 34 heavy (non-hydrogen) atoms. The summed E-state index contributed by atoms with van der Waals surface area (Å²) in [5.74, 6) is -0.296. The Bertz CT molecular complexity index is 1060. The van der Waals surface area contributed by atoms with Gasteiger partial charge in [-0.05, 0) is 42.7 Å². The number of aromatic nitrogens is 1. The lowest BCUT2D eigenvalue weighted by Crippen LogP contribution is -2.60. The number of nitrogens with one attached hydrogen (secondary N) is 2. The second-order valence-electron chi connectivity index (χ2n) is 9.96. The largest absolute Gasteiger partial charge is 0.465 e. The predicted molar refractivity (Wildman–Crippen MR) is 128 cm³/mol. The van der Waals surface area contributed by atoms with Crippen LogP contribution in [0.25, 0.3) is 0 Å². The van der Waals surface area contributed by atoms with Gasteiger partial charge in [-0.3, -0.25) is 14.7 Å². The number of carboxylic acid groups (broad SMARTS) is 1. The van der Waals surface area contributed by atoms with Gasteiger partial charge in [0.2, 0.25) is 5.91 Å². The van der Waals surface area contributed by atoms with Crippen LogP contribution in [-0.2, 0) is 16.6 Å². The minimum Gasteiger partial charge on any atom is -0.465 e. The Hall–Kier alpha value is -3.04. The average Bonchev–Trinajstić information content (AvgIpc) is 3.05. The molecule has 2 aromatic rings. The maximum absolute atomic E-state index is 13.5. The lowest BCUT2D eigenvalue weighted by Gasteiger charge is -2.39. The highest BCUT2D eigenvalue weighted by molar-refractivity contribution is 5.97. The fourth-order valence-corrected chi connectivity index (χ4v) is 4.83. The monoisotopic (exact) mass is 469 g/mol. The minimum absolute atomic E-state index is 0.0259. The number of hydrogen-bond donors (Lipinski definition) is 3. The van der Waals surface area contributed by atoms with E-state index in [0.29, 0.717) is 26.1 Å². The van der Waals surface area contributed by atoms with Crippen molar-refractivity contribution in [3.05, 3.63) is 59.2 Å². The molecule has 3 N–H and O–H groups in total. The van der Waals surface area contributed by atoms with Gasteiger partial charge in [0, 0.05) is 49.9 Å². The maximum Gasteiger partial charge on any atom is 0.404 e. The van der Waals surface area contributed by atoms with Crippen molar-refractivity contribution >= 4 is 17.7 Å². The van der Waals surface area contributed by atoms with Crippen molar-refractivity contribution in [3.8, 4) is 0 Å². The molecule has 1 aromatic carbocycles. The third-order valence-electron chi connectivity index (χ3n) is 6.59. The Balaban J connectivity index is 1.53. The van der Waals surface area contributed by atoms with Crippen molar-refractivity contribution in [3.63, 3.8) is 0 Å². The summed E-state index contributed by atoms with van der Waals surface area (Å²) >= 11 is 0. The summed E-state index contributed by atoms with van der Waals surface area (Å²) in [7, 11) is 0. The van der Waals surface area contributed by atoms with Crippen molar-refractivity contribution in [1.82, 2.24) is 20.5 Å². The Morgan fingerprint density at radius 1 is 1.26 bits per heavy atom. The lowest BCUT2D eigenvalue weighted by molar-refractivity contribution is -0.120. The van der Waals surface area contributed by atoms with Gasteiger partial charge in [-0.25, -0.2) is 9.18 Å². The molecule has 2 aliphatic heterocycles. The Morgan fingerprint density at radius 3 is 2.71 bits per heavy atom. The lowest BCUT2D eigenvalue weighted by atomic mass is 9.91. The van der Waals surface area contributed by atoms with E-state index in [9.17, 15) is 14.0 Å². The molecule has 2 atom stereocenters. The van der Waals surface area contributed by atoms with Crippen molar-refractivity contribution in [2.24, 2.45) is 0 Å². The standard InChI is InChI=1S/C25H32FN5O3/c1-16-13-30(20(11-27-16)12-29-24(33)34)14-22(32)31-15-25(2,3)23-21(31)9-18(10-28-23)8-17-4-6-19(26)7-5-17/h4-7,9-10,16,20,27,29H,8,11-15H2,1-3H3,(H,33,34)/t16-,20-/m1/s1. The minimum atomic E-state index is -1.07. The summed E-state index contributed by atoms with van der Waals surface area (Å²) in [6.45, 7) is 8.48. The smallest absolute Gasteiger partial charge is 0.404 e. The Labute approximate surface area is 199 Å². The number of amides is 2. The second kappa shape index (κ2) is 9.68. The molecule has 182 valence electrons. The van der Waals surface area contributed by atoms with Crippen LogP contribution in [0, 0.1) is 5.82 Å². The summed E-state index contributed by atoms with van der Waals surface area (Å²) in [5, 5.41) is 14.8. The summed E-state index contributed by atoms with van der Waals surface area (Å²) in [4.78, 5) is 33.1. The second-order valence-corrected chi connectivity index (χ2v) is 9.96. The number of nitrogens with zero attached hydrogens (tertiary/aromatic N) is 3. The number of halogens is 1. The number of anilines is 1. The number of benzene rings is 1. The van der Waals surface area contributed by atoms with Crippen LogP contribution in [0.3, 0.4) is 0 Å². The van der Waals surface area contributed by atoms with E-state index >= 15 is 0 Å². The third-order valence-corrected chi connectivity index (χ3v) is 6.59. The molecule has 0 bridgehead atoms. The van der Waals surface area contributed by atoms with Gasteiger partial charge in [0.25, 0.3) is 0 Å². The Morgan fingerprint density at radius 2 is 2.00 bits per heavy atom. The Kier molecular flexibility index (Phi) is 6.86. The molecule has 0 radical (unpaired) electrons. The van der Waals surface area contributed by atoms with Crippen molar-refractivity contribution in [2.45, 2.75) is 44.7 Å². The molecule has 2 amide bonds. The molecule has 0 aliphatic carbocycles. The zero-order valence-electron chi connectivity index (χ0n) is 19.8. The summed E-state index contributed by atoms with van der Waals surface area (Å²) in [5.41, 5.74) is 3.36. The van der Waals surface area contributed by atoms with E-state index in [2.05, 4.69) is 36.3 Å². The average molecular weight is 470 g/mol. The van der Waals surface area contributed by atoms with Crippen molar-refractivity contribution in [1.29, 1.82) is 0 Å². The highest BCUT2D eigenvalue weighted by Gasteiger charge is 2.40. The van der Waals surface area contributed by atoms with Gasteiger partial charge in [0.1, 0.15) is 5.82 Å². The summed E-state index contributed by atoms with van der Waals surface area (Å²) < 4.78 is 13.3. The fraction of sp³-hybridized carbons (Fsp3) is 0.480. The van der Waals surface area contributed by atoms with E-state index in [1.807, 2.05) is 17.2 Å². The first-order chi connectivity index (χ1) is 16.1. The van der Waals surface area contributed by atoms with E-state index in [0.717, 1.165) is 22.5 Å². The van der Waals surface area contributed by atoms with Crippen LogP contribution in [0.1, 0.15) is 37.6 Å². The van der Waals surface area contributed by atoms with Crippen LogP contribution in [-0.4, -0.2) is 71.8 Å². The molecular weight excluding hydrogens is 437 g/mol. The number of pyridine rings is 1. The van der Waals surface area contributed by atoms with Crippen LogP contribution >= 0.6 is 0 Å². The first-order valence-electron chi connectivity index (χ1n) is 11.6. The zero-order valence-corrected chi connectivity index (χ0v) is 19.8. The van der Waals surface area contributed by atoms with Gasteiger partial charge in [0.15, 0.2) is 0 Å². The van der Waals surface area contributed by atoms with Gasteiger partial charge in [-0.15, -0.1) is 0 Å². The van der Waals surface area contributed by atoms with E-state index in [1.165, 1.54) is 12.1 Å². The summed E-state index contributed by atoms with van der Waals surface area (Å²) in [6.07, 6.45) is 1.37. The number of fused-ring (bicyclic) bond motifs is 1. The molecule has 1 fully saturated rings. The van der Waals surface area contributed by atoms with E-state index in [-0.39, 0.29) is 42.3 Å². The van der Waals surface area contributed by atoms with E-state index in [4.69, 9.17) is 10.1 Å². The molecule has 4 rings (SSSR count). The number of piperazine rings is 1. The fourth-order valence-electron chi connectivity index (χ4n) is 4.83. The molecular formula is C25H32FN5O3. The van der Waals surface area contributed by atoms with Crippen LogP contribution in [0.15, 0.2) is 36.5 Å². The maximum atomic E-state index is 13.5. The number of carbonyl (C=O) groups is 2. The number of carbonyl (C=O) groups excluding carboxylic acids is 1. The quantitative estimate of drug-likeness (QED) is 0.601. The summed E-state index contributed by atoms with van der Waals surface area (Å²) in [6, 6.07) is 8.52. The van der Waals surface area contributed by atoms with Gasteiger partial charge in [-0.2, -0.15) is 0 Å². The van der Waals surface area contributed by atoms with Crippen molar-refractivity contribution in [2.75, 3.05) is 37.6 Å². The van der Waals surface area contributed by atoms with Crippen molar-refractivity contribution < 1.29 is 19.1 Å². The number of hydrogen-bond acceptors (Lipinski definition) is 5. The predicted octanol–water partition coefficient (Wildman–Crippen LogP) is 2.37. The molecule has 9 heteroatoms. The van der Waals surface area contributed by atoms with E-state index < -0.39 is 6.09 Å². The normalized spacial score (nSPS) is 21.8. The molecule has 0 saturated carbocycles. The van der Waals surface area contributed by atoms with Gasteiger partial charge < -0.3 is 20.6 Å². The molecule has 2 aliphatic rings. The van der Waals surface area contributed by atoms with Crippen LogP contribution < -0.4 is 15.5 Å².